The number of nitrogens with one attached hydrogen (secondary N) is 2. The van der Waals surface area contributed by atoms with Gasteiger partial charge in [0, 0.05) is 35.9 Å². The summed E-state index contributed by atoms with van der Waals surface area (Å²) in [5, 5.41) is 14.5. The summed E-state index contributed by atoms with van der Waals surface area (Å²) in [6, 6.07) is 16.1. The van der Waals surface area contributed by atoms with Crippen LogP contribution < -0.4 is 10.6 Å². The predicted octanol–water partition coefficient (Wildman–Crippen LogP) is 4.48. The van der Waals surface area contributed by atoms with Crippen LogP contribution in [0, 0.1) is 5.82 Å². The van der Waals surface area contributed by atoms with E-state index in [4.69, 9.17) is 0 Å². The first kappa shape index (κ1) is 23.1. The number of hydrogen-bond acceptors (Lipinski definition) is 6. The Morgan fingerprint density at radius 1 is 0.971 bits per heavy atom. The molecule has 0 saturated heterocycles. The summed E-state index contributed by atoms with van der Waals surface area (Å²) in [4.78, 5) is 28.8. The van der Waals surface area contributed by atoms with Gasteiger partial charge in [-0.25, -0.2) is 4.39 Å². The first-order valence-corrected chi connectivity index (χ1v) is 11.5. The third kappa shape index (κ3) is 5.46. The standard InChI is InChI=1S/C24H21FN6O2S/c1-2-31-22(16-6-5-13-26-14-16)29-30-24(31)34-15-21(32)27-17-9-11-18(12-10-17)28-23(33)19-7-3-4-8-20(19)25/h3-14H,2,15H2,1H3,(H,27,32)(H,28,33). The maximum Gasteiger partial charge on any atom is 0.258 e. The lowest BCUT2D eigenvalue weighted by atomic mass is 10.2. The molecule has 0 aliphatic rings. The highest BCUT2D eigenvalue weighted by molar-refractivity contribution is 7.99. The van der Waals surface area contributed by atoms with Crippen LogP contribution in [0.2, 0.25) is 0 Å². The molecule has 34 heavy (non-hydrogen) atoms. The second kappa shape index (κ2) is 10.7. The molecule has 2 aromatic heterocycles. The Morgan fingerprint density at radius 3 is 2.38 bits per heavy atom. The van der Waals surface area contributed by atoms with E-state index in [2.05, 4.69) is 25.8 Å². The van der Waals surface area contributed by atoms with E-state index in [1.807, 2.05) is 23.6 Å². The second-order valence-electron chi connectivity index (χ2n) is 7.14. The first-order chi connectivity index (χ1) is 16.5. The van der Waals surface area contributed by atoms with Crippen molar-refractivity contribution in [3.63, 3.8) is 0 Å². The number of amides is 2. The maximum atomic E-state index is 13.8. The van der Waals surface area contributed by atoms with Gasteiger partial charge in [0.2, 0.25) is 5.91 Å². The summed E-state index contributed by atoms with van der Waals surface area (Å²) >= 11 is 1.29. The number of carbonyl (C=O) groups excluding carboxylic acids is 2. The zero-order chi connectivity index (χ0) is 23.9. The molecule has 0 unspecified atom stereocenters. The van der Waals surface area contributed by atoms with E-state index in [0.29, 0.717) is 28.9 Å². The minimum absolute atomic E-state index is 0.0384. The van der Waals surface area contributed by atoms with E-state index >= 15 is 0 Å². The van der Waals surface area contributed by atoms with Gasteiger partial charge in [-0.2, -0.15) is 0 Å². The number of aromatic nitrogens is 4. The van der Waals surface area contributed by atoms with Crippen LogP contribution in [0.15, 0.2) is 78.2 Å². The Morgan fingerprint density at radius 2 is 1.71 bits per heavy atom. The number of nitrogens with zero attached hydrogens (tertiary/aromatic N) is 4. The summed E-state index contributed by atoms with van der Waals surface area (Å²) in [5.41, 5.74) is 1.88. The van der Waals surface area contributed by atoms with Gasteiger partial charge in [0.1, 0.15) is 5.82 Å². The van der Waals surface area contributed by atoms with E-state index in [9.17, 15) is 14.0 Å². The number of anilines is 2. The number of thioether (sulfide) groups is 1. The molecule has 8 nitrogen and oxygen atoms in total. The number of carbonyl (C=O) groups is 2. The molecule has 172 valence electrons. The van der Waals surface area contributed by atoms with E-state index < -0.39 is 11.7 Å². The molecule has 0 fully saturated rings. The Bertz CT molecular complexity index is 1290. The zero-order valence-electron chi connectivity index (χ0n) is 18.2. The Hall–Kier alpha value is -4.05. The van der Waals surface area contributed by atoms with Crippen molar-refractivity contribution in [2.45, 2.75) is 18.6 Å². The van der Waals surface area contributed by atoms with E-state index in [0.717, 1.165) is 5.56 Å². The first-order valence-electron chi connectivity index (χ1n) is 10.5. The van der Waals surface area contributed by atoms with Crippen LogP contribution >= 0.6 is 11.8 Å². The quantitative estimate of drug-likeness (QED) is 0.364. The van der Waals surface area contributed by atoms with Crippen molar-refractivity contribution in [1.29, 1.82) is 0 Å². The molecular weight excluding hydrogens is 455 g/mol. The highest BCUT2D eigenvalue weighted by Gasteiger charge is 2.15. The van der Waals surface area contributed by atoms with Crippen molar-refractivity contribution in [2.75, 3.05) is 16.4 Å². The number of benzene rings is 2. The summed E-state index contributed by atoms with van der Waals surface area (Å²) in [6.07, 6.45) is 3.42. The Kier molecular flexibility index (Phi) is 7.28. The van der Waals surface area contributed by atoms with Crippen LogP contribution in [0.4, 0.5) is 15.8 Å². The highest BCUT2D eigenvalue weighted by atomic mass is 32.2. The predicted molar refractivity (Wildman–Crippen MR) is 129 cm³/mol. The number of pyridine rings is 1. The fraction of sp³-hybridized carbons (Fsp3) is 0.125. The average molecular weight is 477 g/mol. The number of halogens is 1. The van der Waals surface area contributed by atoms with Gasteiger partial charge in [0.25, 0.3) is 5.91 Å². The molecule has 2 aromatic carbocycles. The molecule has 0 radical (unpaired) electrons. The molecule has 0 saturated carbocycles. The van der Waals surface area contributed by atoms with Crippen LogP contribution in [0.5, 0.6) is 0 Å². The molecule has 4 aromatic rings. The van der Waals surface area contributed by atoms with Crippen LogP contribution in [0.3, 0.4) is 0 Å². The molecule has 0 aliphatic heterocycles. The highest BCUT2D eigenvalue weighted by Crippen LogP contribution is 2.24. The van der Waals surface area contributed by atoms with Crippen molar-refractivity contribution in [3.8, 4) is 11.4 Å². The number of rotatable bonds is 8. The summed E-state index contributed by atoms with van der Waals surface area (Å²) in [7, 11) is 0. The van der Waals surface area contributed by atoms with Gasteiger partial charge in [-0.15, -0.1) is 10.2 Å². The molecule has 0 bridgehead atoms. The fourth-order valence-corrected chi connectivity index (χ4v) is 4.00. The van der Waals surface area contributed by atoms with E-state index in [-0.39, 0.29) is 17.2 Å². The van der Waals surface area contributed by atoms with Crippen molar-refractivity contribution in [1.82, 2.24) is 19.7 Å². The molecular formula is C24H21FN6O2S. The van der Waals surface area contributed by atoms with Crippen molar-refractivity contribution < 1.29 is 14.0 Å². The molecule has 0 atom stereocenters. The molecule has 0 spiro atoms. The average Bonchev–Trinajstić information content (AvgIpc) is 3.28. The molecule has 4 rings (SSSR count). The third-order valence-corrected chi connectivity index (χ3v) is 5.80. The Balaban J connectivity index is 1.33. The lowest BCUT2D eigenvalue weighted by Crippen LogP contribution is -2.15. The summed E-state index contributed by atoms with van der Waals surface area (Å²) < 4.78 is 15.7. The van der Waals surface area contributed by atoms with Gasteiger partial charge < -0.3 is 15.2 Å². The maximum absolute atomic E-state index is 13.8. The van der Waals surface area contributed by atoms with Crippen molar-refractivity contribution in [3.05, 3.63) is 84.4 Å². The lowest BCUT2D eigenvalue weighted by molar-refractivity contribution is -0.113. The normalized spacial score (nSPS) is 10.6. The fourth-order valence-electron chi connectivity index (χ4n) is 3.20. The molecule has 2 N–H and O–H groups in total. The summed E-state index contributed by atoms with van der Waals surface area (Å²) in [6.45, 7) is 2.64. The van der Waals surface area contributed by atoms with Gasteiger partial charge in [-0.05, 0) is 55.5 Å². The minimum atomic E-state index is -0.590. The summed E-state index contributed by atoms with van der Waals surface area (Å²) in [5.74, 6) is -0.491. The molecule has 2 heterocycles. The van der Waals surface area contributed by atoms with Crippen molar-refractivity contribution >= 4 is 35.0 Å². The van der Waals surface area contributed by atoms with Crippen molar-refractivity contribution in [2.24, 2.45) is 0 Å². The molecule has 0 aliphatic carbocycles. The molecule has 10 heteroatoms. The van der Waals surface area contributed by atoms with E-state index in [1.54, 1.807) is 42.7 Å². The van der Waals surface area contributed by atoms with E-state index in [1.165, 1.54) is 30.0 Å². The zero-order valence-corrected chi connectivity index (χ0v) is 19.1. The second-order valence-corrected chi connectivity index (χ2v) is 8.08. The van der Waals surface area contributed by atoms with Crippen LogP contribution in [-0.4, -0.2) is 37.3 Å². The topological polar surface area (TPSA) is 102 Å². The van der Waals surface area contributed by atoms with Gasteiger partial charge in [-0.1, -0.05) is 23.9 Å². The lowest BCUT2D eigenvalue weighted by Gasteiger charge is -2.09. The smallest absolute Gasteiger partial charge is 0.258 e. The van der Waals surface area contributed by atoms with Gasteiger partial charge >= 0.3 is 0 Å². The monoisotopic (exact) mass is 476 g/mol. The largest absolute Gasteiger partial charge is 0.325 e. The molecule has 2 amide bonds. The number of hydrogen-bond donors (Lipinski definition) is 2. The van der Waals surface area contributed by atoms with Crippen LogP contribution in [0.1, 0.15) is 17.3 Å². The van der Waals surface area contributed by atoms with Crippen LogP contribution in [0.25, 0.3) is 11.4 Å². The Labute approximate surface area is 199 Å². The third-order valence-electron chi connectivity index (χ3n) is 4.83. The minimum Gasteiger partial charge on any atom is -0.325 e. The van der Waals surface area contributed by atoms with Gasteiger partial charge in [-0.3, -0.25) is 14.6 Å². The van der Waals surface area contributed by atoms with Crippen LogP contribution in [-0.2, 0) is 11.3 Å². The SMILES string of the molecule is CCn1c(SCC(=O)Nc2ccc(NC(=O)c3ccccc3F)cc2)nnc1-c1cccnc1. The van der Waals surface area contributed by atoms with Gasteiger partial charge in [0.15, 0.2) is 11.0 Å². The van der Waals surface area contributed by atoms with Gasteiger partial charge in [0.05, 0.1) is 11.3 Å².